The molecule has 0 aliphatic rings. The molecule has 1 aromatic heterocycles. The van der Waals surface area contributed by atoms with Crippen LogP contribution in [0.25, 0.3) is 0 Å². The van der Waals surface area contributed by atoms with Crippen molar-refractivity contribution in [3.63, 3.8) is 0 Å². The molecule has 0 amide bonds. The summed E-state index contributed by atoms with van der Waals surface area (Å²) in [6, 6.07) is 0. The van der Waals surface area contributed by atoms with Crippen LogP contribution in [0.1, 0.15) is 5.01 Å². The molecule has 2 nitrogen and oxygen atoms in total. The van der Waals surface area contributed by atoms with E-state index in [4.69, 9.17) is 0 Å². The van der Waals surface area contributed by atoms with E-state index in [-0.39, 0.29) is 0 Å². The van der Waals surface area contributed by atoms with Gasteiger partial charge in [0.25, 0.3) is 0 Å². The Hall–Kier alpha value is -0.840. The van der Waals surface area contributed by atoms with Gasteiger partial charge in [0.2, 0.25) is 0 Å². The van der Waals surface area contributed by atoms with Crippen molar-refractivity contribution in [2.75, 3.05) is 0 Å². The van der Waals surface area contributed by atoms with E-state index in [1.54, 1.807) is 0 Å². The Morgan fingerprint density at radius 3 is 2.80 bits per heavy atom. The van der Waals surface area contributed by atoms with Crippen molar-refractivity contribution in [1.82, 2.24) is 4.98 Å². The number of nitrogens with zero attached hydrogens (tertiary/aromatic N) is 1. The Morgan fingerprint density at radius 1 is 1.70 bits per heavy atom. The number of halogens is 2. The Bertz CT molecular complexity index is 222. The van der Waals surface area contributed by atoms with E-state index in [1.165, 1.54) is 11.6 Å². The predicted molar refractivity (Wildman–Crippen MR) is 32.1 cm³/mol. The Morgan fingerprint density at radius 2 is 2.40 bits per heavy atom. The molecule has 1 heterocycles. The van der Waals surface area contributed by atoms with Gasteiger partial charge >= 0.3 is 5.92 Å². The van der Waals surface area contributed by atoms with Gasteiger partial charge in [0.15, 0.2) is 11.3 Å². The van der Waals surface area contributed by atoms with E-state index in [9.17, 15) is 13.6 Å². The van der Waals surface area contributed by atoms with Gasteiger partial charge in [-0.05, 0) is 0 Å². The molecule has 5 heteroatoms. The van der Waals surface area contributed by atoms with Gasteiger partial charge in [-0.2, -0.15) is 8.78 Å². The van der Waals surface area contributed by atoms with E-state index in [0.29, 0.717) is 0 Å². The predicted octanol–water partition coefficient (Wildman–Crippen LogP) is 1.43. The van der Waals surface area contributed by atoms with E-state index in [1.807, 2.05) is 0 Å². The second-order valence-electron chi connectivity index (χ2n) is 1.58. The number of aromatic nitrogens is 1. The molecule has 0 aromatic carbocycles. The van der Waals surface area contributed by atoms with Gasteiger partial charge in [0.1, 0.15) is 0 Å². The molecular weight excluding hydrogens is 160 g/mol. The van der Waals surface area contributed by atoms with Crippen LogP contribution in [0.2, 0.25) is 0 Å². The second kappa shape index (κ2) is 2.42. The first-order valence-corrected chi connectivity index (χ1v) is 3.29. The van der Waals surface area contributed by atoms with Gasteiger partial charge in [-0.25, -0.2) is 4.98 Å². The summed E-state index contributed by atoms with van der Waals surface area (Å²) in [6.07, 6.45) is 0.823. The zero-order chi connectivity index (χ0) is 7.61. The fourth-order valence-corrected chi connectivity index (χ4v) is 1.02. The molecule has 0 aliphatic heterocycles. The lowest BCUT2D eigenvalue weighted by molar-refractivity contribution is -0.130. The summed E-state index contributed by atoms with van der Waals surface area (Å²) in [5.41, 5.74) is 0. The standard InChI is InChI=1S/C5H3F2NOS/c6-5(7,3-9)4-8-1-2-10-4/h1-3H. The SMILES string of the molecule is O=CC(F)(F)c1nccs1. The van der Waals surface area contributed by atoms with Crippen molar-refractivity contribution < 1.29 is 13.6 Å². The zero-order valence-corrected chi connectivity index (χ0v) is 5.57. The second-order valence-corrected chi connectivity index (χ2v) is 2.47. The van der Waals surface area contributed by atoms with Crippen LogP contribution < -0.4 is 0 Å². The van der Waals surface area contributed by atoms with Crippen LogP contribution in [0.5, 0.6) is 0 Å². The van der Waals surface area contributed by atoms with E-state index in [2.05, 4.69) is 4.98 Å². The van der Waals surface area contributed by atoms with E-state index in [0.717, 1.165) is 11.3 Å². The Kier molecular flexibility index (Phi) is 1.76. The number of alkyl halides is 2. The minimum absolute atomic E-state index is 0.411. The lowest BCUT2D eigenvalue weighted by Crippen LogP contribution is -2.13. The molecule has 0 saturated carbocycles. The van der Waals surface area contributed by atoms with Crippen molar-refractivity contribution in [2.24, 2.45) is 0 Å². The molecule has 0 fully saturated rings. The Balaban J connectivity index is 2.95. The summed E-state index contributed by atoms with van der Waals surface area (Å²) in [7, 11) is 0. The summed E-state index contributed by atoms with van der Waals surface area (Å²) < 4.78 is 24.6. The molecule has 0 spiro atoms. The molecule has 54 valence electrons. The normalized spacial score (nSPS) is 11.4. The zero-order valence-electron chi connectivity index (χ0n) is 4.75. The molecule has 1 aromatic rings. The highest BCUT2D eigenvalue weighted by atomic mass is 32.1. The Labute approximate surface area is 59.5 Å². The van der Waals surface area contributed by atoms with Gasteiger partial charge in [-0.1, -0.05) is 0 Å². The molecule has 1 rings (SSSR count). The summed E-state index contributed by atoms with van der Waals surface area (Å²) in [5.74, 6) is -3.41. The highest BCUT2D eigenvalue weighted by Crippen LogP contribution is 2.26. The number of carbonyl (C=O) groups excluding carboxylic acids is 1. The van der Waals surface area contributed by atoms with E-state index < -0.39 is 17.2 Å². The smallest absolute Gasteiger partial charge is 0.296 e. The molecule has 0 bridgehead atoms. The third-order valence-electron chi connectivity index (χ3n) is 0.865. The van der Waals surface area contributed by atoms with Gasteiger partial charge in [0.05, 0.1) is 0 Å². The van der Waals surface area contributed by atoms with Crippen molar-refractivity contribution in [3.05, 3.63) is 16.6 Å². The lowest BCUT2D eigenvalue weighted by atomic mass is 10.4. The van der Waals surface area contributed by atoms with Crippen LogP contribution in [-0.2, 0) is 10.7 Å². The number of hydrogen-bond acceptors (Lipinski definition) is 3. The minimum Gasteiger partial charge on any atom is -0.296 e. The van der Waals surface area contributed by atoms with Crippen LogP contribution >= 0.6 is 11.3 Å². The molecule has 0 saturated heterocycles. The van der Waals surface area contributed by atoms with Crippen molar-refractivity contribution >= 4 is 17.6 Å². The van der Waals surface area contributed by atoms with Crippen LogP contribution in [0.15, 0.2) is 11.6 Å². The molecule has 0 N–H and O–H groups in total. The maximum absolute atomic E-state index is 12.3. The summed E-state index contributed by atoms with van der Waals surface area (Å²) in [5, 5.41) is 0.940. The van der Waals surface area contributed by atoms with Crippen molar-refractivity contribution in [3.8, 4) is 0 Å². The first-order valence-electron chi connectivity index (χ1n) is 2.41. The number of rotatable bonds is 2. The summed E-state index contributed by atoms with van der Waals surface area (Å²) >= 11 is 0.762. The number of thiazole rings is 1. The summed E-state index contributed by atoms with van der Waals surface area (Å²) in [6.45, 7) is 0. The highest BCUT2D eigenvalue weighted by Gasteiger charge is 2.33. The van der Waals surface area contributed by atoms with Crippen molar-refractivity contribution in [2.45, 2.75) is 5.92 Å². The molecule has 10 heavy (non-hydrogen) atoms. The van der Waals surface area contributed by atoms with Crippen LogP contribution in [-0.4, -0.2) is 11.3 Å². The molecule has 0 aliphatic carbocycles. The van der Waals surface area contributed by atoms with Gasteiger partial charge in [0, 0.05) is 11.6 Å². The highest BCUT2D eigenvalue weighted by molar-refractivity contribution is 7.09. The number of aldehydes is 1. The average molecular weight is 163 g/mol. The maximum Gasteiger partial charge on any atom is 0.353 e. The maximum atomic E-state index is 12.3. The van der Waals surface area contributed by atoms with Gasteiger partial charge < -0.3 is 0 Å². The van der Waals surface area contributed by atoms with Crippen LogP contribution in [0.4, 0.5) is 8.78 Å². The van der Waals surface area contributed by atoms with Crippen LogP contribution in [0, 0.1) is 0 Å². The fraction of sp³-hybridized carbons (Fsp3) is 0.200. The third-order valence-corrected chi connectivity index (χ3v) is 1.72. The van der Waals surface area contributed by atoms with Crippen molar-refractivity contribution in [1.29, 1.82) is 0 Å². The van der Waals surface area contributed by atoms with E-state index >= 15 is 0 Å². The monoisotopic (exact) mass is 163 g/mol. The first-order chi connectivity index (χ1) is 4.67. The quantitative estimate of drug-likeness (QED) is 0.617. The number of carbonyl (C=O) groups is 1. The minimum atomic E-state index is -3.41. The largest absolute Gasteiger partial charge is 0.353 e. The first kappa shape index (κ1) is 7.27. The van der Waals surface area contributed by atoms with Gasteiger partial charge in [-0.15, -0.1) is 11.3 Å². The molecular formula is C5H3F2NOS. The molecule has 0 radical (unpaired) electrons. The molecule has 0 unspecified atom stereocenters. The fourth-order valence-electron chi connectivity index (χ4n) is 0.438. The van der Waals surface area contributed by atoms with Crippen LogP contribution in [0.3, 0.4) is 0 Å². The summed E-state index contributed by atoms with van der Waals surface area (Å²) in [4.78, 5) is 13.0. The third kappa shape index (κ3) is 1.18. The average Bonchev–Trinajstić information content (AvgIpc) is 2.38. The lowest BCUT2D eigenvalue weighted by Gasteiger charge is -2.01. The number of hydrogen-bond donors (Lipinski definition) is 0. The van der Waals surface area contributed by atoms with Gasteiger partial charge in [-0.3, -0.25) is 4.79 Å². The topological polar surface area (TPSA) is 30.0 Å². The molecule has 0 atom stereocenters.